The monoisotopic (exact) mass is 794 g/mol. The van der Waals surface area contributed by atoms with Gasteiger partial charge in [0.1, 0.15) is 5.75 Å². The van der Waals surface area contributed by atoms with E-state index >= 15 is 0 Å². The zero-order valence-corrected chi connectivity index (χ0v) is 34.6. The quantitative estimate of drug-likeness (QED) is 0.292. The molecule has 2 aliphatic carbocycles. The van der Waals surface area contributed by atoms with Crippen LogP contribution in [0.3, 0.4) is 0 Å². The fourth-order valence-corrected chi connectivity index (χ4v) is 11.1. The van der Waals surface area contributed by atoms with Gasteiger partial charge in [0.05, 0.1) is 53.8 Å². The highest BCUT2D eigenvalue weighted by atomic mass is 35.5. The number of ether oxygens (including phenoxy) is 3. The molecule has 1 unspecified atom stereocenters. The number of hydrogen-bond donors (Lipinski definition) is 1. The number of morpholine rings is 1. The van der Waals surface area contributed by atoms with Gasteiger partial charge in [-0.3, -0.25) is 19.2 Å². The van der Waals surface area contributed by atoms with Gasteiger partial charge in [-0.2, -0.15) is 0 Å². The Bertz CT molecular complexity index is 1880. The van der Waals surface area contributed by atoms with Crippen molar-refractivity contribution >= 4 is 44.7 Å². The van der Waals surface area contributed by atoms with Crippen LogP contribution < -0.4 is 14.4 Å². The third-order valence-electron chi connectivity index (χ3n) is 13.2. The Kier molecular flexibility index (Phi) is 12.0. The van der Waals surface area contributed by atoms with Crippen molar-refractivity contribution in [2.24, 2.45) is 17.8 Å². The van der Waals surface area contributed by atoms with E-state index in [1.165, 1.54) is 11.1 Å². The van der Waals surface area contributed by atoms with E-state index in [9.17, 15) is 13.8 Å². The van der Waals surface area contributed by atoms with E-state index in [1.54, 1.807) is 11.0 Å². The summed E-state index contributed by atoms with van der Waals surface area (Å²) < 4.78 is 36.4. The molecular weight excluding hydrogens is 736 g/mol. The summed E-state index contributed by atoms with van der Waals surface area (Å²) in [5, 5.41) is 0.327. The summed E-state index contributed by atoms with van der Waals surface area (Å²) in [6.45, 7) is 10.2. The summed E-state index contributed by atoms with van der Waals surface area (Å²) in [5.74, 6) is 4.61. The topological polar surface area (TPSA) is 101 Å². The molecule has 2 amide bonds. The lowest BCUT2D eigenvalue weighted by Gasteiger charge is -2.51. The Labute approximate surface area is 333 Å². The van der Waals surface area contributed by atoms with Crippen molar-refractivity contribution < 1.29 is 28.0 Å². The van der Waals surface area contributed by atoms with Crippen LogP contribution in [0.2, 0.25) is 5.02 Å². The Morgan fingerprint density at radius 3 is 2.69 bits per heavy atom. The number of amides is 2. The fraction of sp³-hybridized carbons (Fsp3) is 0.605. The highest BCUT2D eigenvalue weighted by Crippen LogP contribution is 2.50. The van der Waals surface area contributed by atoms with Crippen LogP contribution in [0.1, 0.15) is 73.9 Å². The number of anilines is 1. The number of hydrogen-bond acceptors (Lipinski definition) is 8. The predicted molar refractivity (Wildman–Crippen MR) is 221 cm³/mol. The first-order chi connectivity index (χ1) is 26.3. The Morgan fingerprint density at radius 2 is 1.95 bits per heavy atom. The minimum absolute atomic E-state index is 0.0237. The van der Waals surface area contributed by atoms with Crippen molar-refractivity contribution in [1.82, 2.24) is 14.5 Å². The molecule has 300 valence electrons. The van der Waals surface area contributed by atoms with Crippen LogP contribution in [0.15, 0.2) is 48.6 Å². The lowest BCUT2D eigenvalue weighted by Crippen LogP contribution is -2.55. The molecule has 55 heavy (non-hydrogen) atoms. The number of aryl methyl sites for hydroxylation is 1. The van der Waals surface area contributed by atoms with Gasteiger partial charge < -0.3 is 24.0 Å². The Balaban J connectivity index is 1.31. The summed E-state index contributed by atoms with van der Waals surface area (Å²) in [6.07, 6.45) is 9.98. The van der Waals surface area contributed by atoms with E-state index in [0.29, 0.717) is 51.5 Å². The third kappa shape index (κ3) is 8.47. The van der Waals surface area contributed by atoms with E-state index < -0.39 is 26.5 Å². The lowest BCUT2D eigenvalue weighted by atomic mass is 9.62. The van der Waals surface area contributed by atoms with Crippen molar-refractivity contribution in [3.63, 3.8) is 0 Å². The van der Waals surface area contributed by atoms with E-state index in [2.05, 4.69) is 44.7 Å². The van der Waals surface area contributed by atoms with Crippen LogP contribution in [0, 0.1) is 17.8 Å². The van der Waals surface area contributed by atoms with Gasteiger partial charge in [-0.1, -0.05) is 36.7 Å². The minimum Gasteiger partial charge on any atom is -0.490 e. The number of fused-ring (bicyclic) bond motifs is 4. The second kappa shape index (κ2) is 16.4. The molecule has 3 heterocycles. The van der Waals surface area contributed by atoms with E-state index in [0.717, 1.165) is 68.2 Å². The zero-order valence-electron chi connectivity index (χ0n) is 33.0. The zero-order chi connectivity index (χ0) is 39.0. The summed E-state index contributed by atoms with van der Waals surface area (Å²) >= 11 is 6.52. The molecule has 5 aliphatic rings. The van der Waals surface area contributed by atoms with Crippen LogP contribution >= 0.6 is 11.6 Å². The summed E-state index contributed by atoms with van der Waals surface area (Å²) in [7, 11) is 0.592. The number of halogens is 1. The third-order valence-corrected chi connectivity index (χ3v) is 15.6. The number of benzene rings is 2. The lowest BCUT2D eigenvalue weighted by molar-refractivity contribution is -0.145. The van der Waals surface area contributed by atoms with Crippen molar-refractivity contribution in [2.45, 2.75) is 75.1 Å². The van der Waals surface area contributed by atoms with Gasteiger partial charge in [-0.15, -0.1) is 0 Å². The van der Waals surface area contributed by atoms with E-state index in [-0.39, 0.29) is 35.5 Å². The number of nitrogens with zero attached hydrogens (tertiary/aromatic N) is 3. The van der Waals surface area contributed by atoms with Crippen LogP contribution in [0.4, 0.5) is 5.69 Å². The first-order valence-electron chi connectivity index (χ1n) is 20.1. The average Bonchev–Trinajstić information content (AvgIpc) is 3.29. The minimum atomic E-state index is -3.03. The average molecular weight is 795 g/mol. The molecule has 1 saturated heterocycles. The molecule has 0 radical (unpaired) electrons. The van der Waals surface area contributed by atoms with Crippen LogP contribution in [-0.2, 0) is 35.8 Å². The highest BCUT2D eigenvalue weighted by molar-refractivity contribution is 7.99. The highest BCUT2D eigenvalue weighted by Gasteiger charge is 2.50. The SMILES string of the molecule is C=S1(=O)NC(=O)c2ccc3c(c2)N(C[C@@H]2CC[C@H]2[C@](CC(=O)N(C)C)(OCCN2CCOCC2)/C=C/C[C@H](C)[C@H]1C)C[C@@]1(CCCc2cc(Cl)ccc21)CO3. The van der Waals surface area contributed by atoms with Crippen molar-refractivity contribution in [3.05, 3.63) is 70.3 Å². The molecule has 2 aromatic rings. The second-order valence-corrected chi connectivity index (χ2v) is 19.8. The molecular formula is C43H59ClN4O6S. The Morgan fingerprint density at radius 1 is 1.15 bits per heavy atom. The van der Waals surface area contributed by atoms with Crippen LogP contribution in [-0.4, -0.2) is 116 Å². The molecule has 1 N–H and O–H groups in total. The summed E-state index contributed by atoms with van der Waals surface area (Å²) in [6, 6.07) is 11.8. The molecule has 10 nitrogen and oxygen atoms in total. The van der Waals surface area contributed by atoms with Gasteiger partial charge in [0.2, 0.25) is 5.91 Å². The van der Waals surface area contributed by atoms with Gasteiger partial charge in [-0.05, 0) is 111 Å². The van der Waals surface area contributed by atoms with Gasteiger partial charge in [0, 0.05) is 68.1 Å². The molecule has 7 rings (SSSR count). The molecule has 1 spiro atoms. The molecule has 1 saturated carbocycles. The largest absolute Gasteiger partial charge is 0.490 e. The molecule has 0 aromatic heterocycles. The van der Waals surface area contributed by atoms with Gasteiger partial charge >= 0.3 is 0 Å². The maximum absolute atomic E-state index is 14.1. The van der Waals surface area contributed by atoms with Gasteiger partial charge in [0.15, 0.2) is 0 Å². The summed E-state index contributed by atoms with van der Waals surface area (Å²) in [5.41, 5.74) is 2.67. The molecule has 3 aliphatic heterocycles. The molecule has 7 atom stereocenters. The first kappa shape index (κ1) is 40.1. The molecule has 12 heteroatoms. The van der Waals surface area contributed by atoms with Crippen molar-refractivity contribution in [3.8, 4) is 5.75 Å². The smallest absolute Gasteiger partial charge is 0.262 e. The predicted octanol–water partition coefficient (Wildman–Crippen LogP) is 5.75. The fourth-order valence-electron chi connectivity index (χ4n) is 9.43. The molecule has 2 bridgehead atoms. The standard InChI is InChI=1S/C43H59ClN4O6S/c1-30-8-6-17-43(26-40(49)46(3)4,54-23-20-47-18-21-52-22-19-47)37-13-10-34(37)27-48-28-42(16-7-9-32-24-35(44)12-14-36(32)42)29-53-39-15-11-33(25-38(39)48)41(50)45-55(5,51)31(30)2/h6,11-12,14-15,17,24-25,30-31,34,37H,5,7-10,13,16,18-23,26-29H2,1-4H3,(H,45,50,51)/b17-6+/t30-,31+,34-,37+,42-,43-,55?/m0/s1. The number of carbonyl (C=O) groups is 2. The number of allylic oxidation sites excluding steroid dienone is 1. The van der Waals surface area contributed by atoms with Crippen LogP contribution in [0.5, 0.6) is 5.75 Å². The van der Waals surface area contributed by atoms with Crippen molar-refractivity contribution in [1.29, 1.82) is 0 Å². The number of rotatable bonds is 6. The number of nitrogens with one attached hydrogen (secondary N) is 1. The number of carbonyl (C=O) groups excluding carboxylic acids is 2. The van der Waals surface area contributed by atoms with Crippen molar-refractivity contribution in [2.75, 3.05) is 78.1 Å². The maximum Gasteiger partial charge on any atom is 0.262 e. The molecule has 2 fully saturated rings. The van der Waals surface area contributed by atoms with Crippen LogP contribution in [0.25, 0.3) is 0 Å². The van der Waals surface area contributed by atoms with E-state index in [4.69, 9.17) is 25.8 Å². The Hall–Kier alpha value is -3.09. The molecule has 2 aromatic carbocycles. The normalized spacial score (nSPS) is 33.3. The van der Waals surface area contributed by atoms with Gasteiger partial charge in [0.25, 0.3) is 5.91 Å². The second-order valence-electron chi connectivity index (χ2n) is 16.9. The summed E-state index contributed by atoms with van der Waals surface area (Å²) in [4.78, 5) is 34.1. The maximum atomic E-state index is 14.1. The van der Waals surface area contributed by atoms with E-state index in [1.807, 2.05) is 46.1 Å². The van der Waals surface area contributed by atoms with Gasteiger partial charge in [-0.25, -0.2) is 4.21 Å². The first-order valence-corrected chi connectivity index (χ1v) is 22.3.